The Morgan fingerprint density at radius 2 is 2.20 bits per heavy atom. The Balaban J connectivity index is 2.23. The number of benzene rings is 1. The second-order valence-electron chi connectivity index (χ2n) is 5.04. The molecule has 7 heteroatoms. The van der Waals surface area contributed by atoms with Gasteiger partial charge in [0.25, 0.3) is 11.6 Å². The van der Waals surface area contributed by atoms with E-state index in [4.69, 9.17) is 11.6 Å². The maximum atomic E-state index is 12.3. The Morgan fingerprint density at radius 1 is 1.50 bits per heavy atom. The Labute approximate surface area is 121 Å². The van der Waals surface area contributed by atoms with Crippen LogP contribution in [-0.4, -0.2) is 40.0 Å². The molecule has 2 unspecified atom stereocenters. The number of nitro benzene ring substituents is 1. The number of aliphatic hydroxyl groups excluding tert-OH is 1. The molecule has 1 aromatic carbocycles. The molecule has 0 aliphatic carbocycles. The molecule has 0 spiro atoms. The van der Waals surface area contributed by atoms with Crippen molar-refractivity contribution in [1.29, 1.82) is 0 Å². The van der Waals surface area contributed by atoms with Crippen molar-refractivity contribution in [1.82, 2.24) is 4.90 Å². The molecule has 20 heavy (non-hydrogen) atoms. The van der Waals surface area contributed by atoms with Crippen LogP contribution >= 0.6 is 11.6 Å². The van der Waals surface area contributed by atoms with Gasteiger partial charge in [0.15, 0.2) is 0 Å². The fourth-order valence-electron chi connectivity index (χ4n) is 2.22. The summed E-state index contributed by atoms with van der Waals surface area (Å²) in [5, 5.41) is 20.7. The van der Waals surface area contributed by atoms with Crippen LogP contribution in [-0.2, 0) is 0 Å². The zero-order valence-electron chi connectivity index (χ0n) is 11.0. The van der Waals surface area contributed by atoms with Crippen LogP contribution < -0.4 is 0 Å². The van der Waals surface area contributed by atoms with E-state index in [1.807, 2.05) is 6.92 Å². The van der Waals surface area contributed by atoms with E-state index in [0.717, 1.165) is 0 Å². The van der Waals surface area contributed by atoms with Gasteiger partial charge in [0, 0.05) is 35.8 Å². The van der Waals surface area contributed by atoms with E-state index >= 15 is 0 Å². The van der Waals surface area contributed by atoms with Crippen LogP contribution in [0.4, 0.5) is 5.69 Å². The fraction of sp³-hybridized carbons (Fsp3) is 0.462. The summed E-state index contributed by atoms with van der Waals surface area (Å²) in [5.41, 5.74) is -0.0438. The van der Waals surface area contributed by atoms with Gasteiger partial charge in [0.2, 0.25) is 0 Å². The average molecular weight is 299 g/mol. The lowest BCUT2D eigenvalue weighted by molar-refractivity contribution is -0.384. The molecular formula is C13H15ClN2O4. The van der Waals surface area contributed by atoms with Gasteiger partial charge in [-0.1, -0.05) is 18.5 Å². The molecule has 1 aliphatic heterocycles. The van der Waals surface area contributed by atoms with Crippen LogP contribution in [0, 0.1) is 16.0 Å². The summed E-state index contributed by atoms with van der Waals surface area (Å²) >= 11 is 5.80. The number of carbonyl (C=O) groups excluding carboxylic acids is 1. The highest BCUT2D eigenvalue weighted by atomic mass is 35.5. The average Bonchev–Trinajstić information content (AvgIpc) is 2.40. The van der Waals surface area contributed by atoms with Crippen molar-refractivity contribution in [3.63, 3.8) is 0 Å². The number of nitro groups is 1. The highest BCUT2D eigenvalue weighted by Crippen LogP contribution is 2.24. The molecule has 2 rings (SSSR count). The molecule has 1 N–H and O–H groups in total. The number of likely N-dealkylation sites (tertiary alicyclic amines) is 1. The van der Waals surface area contributed by atoms with Crippen LogP contribution in [0.5, 0.6) is 0 Å². The summed E-state index contributed by atoms with van der Waals surface area (Å²) in [6.45, 7) is 2.69. The minimum atomic E-state index is -0.588. The molecule has 0 saturated carbocycles. The Hall–Kier alpha value is -1.66. The molecule has 0 radical (unpaired) electrons. The van der Waals surface area contributed by atoms with Crippen LogP contribution in [0.1, 0.15) is 23.7 Å². The second-order valence-corrected chi connectivity index (χ2v) is 5.48. The Kier molecular flexibility index (Phi) is 4.25. The van der Waals surface area contributed by atoms with Crippen molar-refractivity contribution in [2.24, 2.45) is 5.92 Å². The molecule has 1 saturated heterocycles. The summed E-state index contributed by atoms with van der Waals surface area (Å²) in [6.07, 6.45) is 0.136. The van der Waals surface area contributed by atoms with E-state index in [1.54, 1.807) is 0 Å². The molecule has 1 heterocycles. The monoisotopic (exact) mass is 298 g/mol. The molecule has 1 amide bonds. The zero-order valence-corrected chi connectivity index (χ0v) is 11.7. The number of halogens is 1. The molecule has 1 fully saturated rings. The number of piperidine rings is 1. The number of non-ortho nitro benzene ring substituents is 1. The van der Waals surface area contributed by atoms with E-state index < -0.39 is 11.0 Å². The van der Waals surface area contributed by atoms with E-state index in [2.05, 4.69) is 0 Å². The number of hydrogen-bond donors (Lipinski definition) is 1. The standard InChI is InChI=1S/C13H15ClN2O4/c1-8-2-3-15(7-12(8)17)13(18)9-4-10(14)6-11(5-9)16(19)20/h4-6,8,12,17H,2-3,7H2,1H3. The lowest BCUT2D eigenvalue weighted by atomic mass is 9.95. The molecule has 1 aliphatic rings. The van der Waals surface area contributed by atoms with Crippen molar-refractivity contribution in [2.45, 2.75) is 19.4 Å². The van der Waals surface area contributed by atoms with Gasteiger partial charge in [-0.2, -0.15) is 0 Å². The van der Waals surface area contributed by atoms with Gasteiger partial charge in [-0.25, -0.2) is 0 Å². The van der Waals surface area contributed by atoms with E-state index in [0.29, 0.717) is 13.0 Å². The summed E-state index contributed by atoms with van der Waals surface area (Å²) in [4.78, 5) is 24.0. The van der Waals surface area contributed by atoms with E-state index in [9.17, 15) is 20.0 Å². The van der Waals surface area contributed by atoms with Crippen LogP contribution in [0.3, 0.4) is 0 Å². The fourth-order valence-corrected chi connectivity index (χ4v) is 2.45. The highest BCUT2D eigenvalue weighted by molar-refractivity contribution is 6.31. The maximum absolute atomic E-state index is 12.3. The topological polar surface area (TPSA) is 83.7 Å². The third kappa shape index (κ3) is 3.08. The summed E-state index contributed by atoms with van der Waals surface area (Å²) in [7, 11) is 0. The molecule has 2 atom stereocenters. The van der Waals surface area contributed by atoms with Crippen LogP contribution in [0.2, 0.25) is 5.02 Å². The molecule has 108 valence electrons. The first kappa shape index (κ1) is 14.7. The van der Waals surface area contributed by atoms with Crippen LogP contribution in [0.15, 0.2) is 18.2 Å². The molecule has 1 aromatic rings. The Bertz CT molecular complexity index is 549. The van der Waals surface area contributed by atoms with Crippen molar-refractivity contribution in [2.75, 3.05) is 13.1 Å². The SMILES string of the molecule is CC1CCN(C(=O)c2cc(Cl)cc([N+](=O)[O-])c2)CC1O. The van der Waals surface area contributed by atoms with Gasteiger partial charge in [-0.05, 0) is 18.4 Å². The minimum absolute atomic E-state index is 0.146. The smallest absolute Gasteiger partial charge is 0.271 e. The number of amides is 1. The lowest BCUT2D eigenvalue weighted by Crippen LogP contribution is -2.45. The predicted molar refractivity (Wildman–Crippen MR) is 73.8 cm³/mol. The van der Waals surface area contributed by atoms with Crippen molar-refractivity contribution in [3.8, 4) is 0 Å². The van der Waals surface area contributed by atoms with E-state index in [-0.39, 0.29) is 34.6 Å². The maximum Gasteiger partial charge on any atom is 0.271 e. The lowest BCUT2D eigenvalue weighted by Gasteiger charge is -2.34. The van der Waals surface area contributed by atoms with Gasteiger partial charge in [0.05, 0.1) is 11.0 Å². The van der Waals surface area contributed by atoms with Crippen molar-refractivity contribution in [3.05, 3.63) is 38.9 Å². The predicted octanol–water partition coefficient (Wildman–Crippen LogP) is 2.09. The normalized spacial score (nSPS) is 22.6. The number of aliphatic hydroxyl groups is 1. The van der Waals surface area contributed by atoms with Crippen LogP contribution in [0.25, 0.3) is 0 Å². The Morgan fingerprint density at radius 3 is 2.80 bits per heavy atom. The summed E-state index contributed by atoms with van der Waals surface area (Å²) in [6, 6.07) is 3.81. The highest BCUT2D eigenvalue weighted by Gasteiger charge is 2.28. The number of nitrogens with zero attached hydrogens (tertiary/aromatic N) is 2. The first-order valence-electron chi connectivity index (χ1n) is 6.31. The van der Waals surface area contributed by atoms with E-state index in [1.165, 1.54) is 23.1 Å². The zero-order chi connectivity index (χ0) is 14.9. The third-order valence-corrected chi connectivity index (χ3v) is 3.76. The second kappa shape index (κ2) is 5.76. The first-order chi connectivity index (χ1) is 9.38. The minimum Gasteiger partial charge on any atom is -0.391 e. The molecular weight excluding hydrogens is 284 g/mol. The van der Waals surface area contributed by atoms with Gasteiger partial charge in [0.1, 0.15) is 0 Å². The number of hydrogen-bond acceptors (Lipinski definition) is 4. The number of β-amino-alcohol motifs (C(OH)–C–C–N with tert-alkyl or cyclic N) is 1. The molecule has 0 bridgehead atoms. The number of carbonyl (C=O) groups is 1. The molecule has 6 nitrogen and oxygen atoms in total. The van der Waals surface area contributed by atoms with Gasteiger partial charge in [-0.3, -0.25) is 14.9 Å². The largest absolute Gasteiger partial charge is 0.391 e. The first-order valence-corrected chi connectivity index (χ1v) is 6.68. The quantitative estimate of drug-likeness (QED) is 0.669. The van der Waals surface area contributed by atoms with Crippen molar-refractivity contribution >= 4 is 23.2 Å². The number of rotatable bonds is 2. The third-order valence-electron chi connectivity index (χ3n) is 3.55. The summed E-state index contributed by atoms with van der Waals surface area (Å²) < 4.78 is 0. The van der Waals surface area contributed by atoms with Gasteiger partial charge < -0.3 is 10.0 Å². The molecule has 0 aromatic heterocycles. The van der Waals surface area contributed by atoms with Crippen molar-refractivity contribution < 1.29 is 14.8 Å². The van der Waals surface area contributed by atoms with Gasteiger partial charge >= 0.3 is 0 Å². The van der Waals surface area contributed by atoms with Gasteiger partial charge in [-0.15, -0.1) is 0 Å². The summed E-state index contributed by atoms with van der Waals surface area (Å²) in [5.74, 6) is -0.200.